The lowest BCUT2D eigenvalue weighted by molar-refractivity contribution is -0.660. The van der Waals surface area contributed by atoms with Gasteiger partial charge < -0.3 is 4.42 Å². The highest BCUT2D eigenvalue weighted by atomic mass is 19.1. The lowest BCUT2D eigenvalue weighted by Gasteiger charge is -2.08. The fourth-order valence-electron chi connectivity index (χ4n) is 5.49. The maximum absolute atomic E-state index is 15.6. The topological polar surface area (TPSA) is 17.0 Å². The Labute approximate surface area is 241 Å². The molecule has 2 nitrogen and oxygen atoms in total. The number of benzene rings is 5. The van der Waals surface area contributed by atoms with Gasteiger partial charge in [0.2, 0.25) is 5.69 Å². The molecule has 2 heterocycles. The highest BCUT2D eigenvalue weighted by molar-refractivity contribution is 6.13. The Morgan fingerprint density at radius 1 is 0.634 bits per heavy atom. The Bertz CT molecular complexity index is 2200. The number of halogens is 2. The molecule has 0 radical (unpaired) electrons. The second-order valence-corrected chi connectivity index (χ2v) is 10.1. The molecule has 41 heavy (non-hydrogen) atoms. The maximum Gasteiger partial charge on any atom is 0.219 e. The van der Waals surface area contributed by atoms with Gasteiger partial charge in [0.15, 0.2) is 6.17 Å². The van der Waals surface area contributed by atoms with Crippen molar-refractivity contribution in [2.75, 3.05) is 0 Å². The quantitative estimate of drug-likeness (QED) is 0.203. The summed E-state index contributed by atoms with van der Waals surface area (Å²) >= 11 is 0. The van der Waals surface area contributed by atoms with Crippen LogP contribution in [0.1, 0.15) is 9.68 Å². The Morgan fingerprint density at radius 3 is 1.80 bits per heavy atom. The highest BCUT2D eigenvalue weighted by Gasteiger charge is 2.23. The van der Waals surface area contributed by atoms with Gasteiger partial charge in [-0.1, -0.05) is 91.0 Å². The predicted octanol–water partition coefficient (Wildman–Crippen LogP) is 9.67. The molecule has 0 aliphatic rings. The zero-order valence-corrected chi connectivity index (χ0v) is 22.4. The average Bonchev–Trinajstić information content (AvgIpc) is 3.43. The first-order valence-electron chi connectivity index (χ1n) is 14.8. The largest absolute Gasteiger partial charge is 0.454 e. The second kappa shape index (κ2) is 9.83. The Morgan fingerprint density at radius 2 is 1.17 bits per heavy atom. The van der Waals surface area contributed by atoms with Crippen molar-refractivity contribution in [3.63, 3.8) is 0 Å². The summed E-state index contributed by atoms with van der Waals surface area (Å²) in [6.45, 7) is 1.81. The third-order valence-corrected chi connectivity index (χ3v) is 7.60. The highest BCUT2D eigenvalue weighted by Crippen LogP contribution is 2.42. The van der Waals surface area contributed by atoms with Gasteiger partial charge >= 0.3 is 0 Å². The number of nitrogens with zero attached hydrogens (tertiary/aromatic N) is 1. The SMILES string of the molecule is [2H]c1c(F)c([2H])c(-c2c(C)ccc3c2oc2c(-c4ccc(-c5ccc(-c6ccccc6)cc5)cc4)c(F)ccc23)[n+](C)c1[2H]. The Kier molecular flexibility index (Phi) is 5.20. The number of aryl methyl sites for hydroxylation is 1. The molecular weight excluding hydrogens is 512 g/mol. The molecular formula is C37H26F2NO+. The van der Waals surface area contributed by atoms with Crippen LogP contribution in [0.15, 0.2) is 126 Å². The van der Waals surface area contributed by atoms with Crippen molar-refractivity contribution in [3.8, 4) is 44.6 Å². The van der Waals surface area contributed by atoms with Crippen molar-refractivity contribution in [1.29, 1.82) is 0 Å². The molecule has 0 saturated heterocycles. The summed E-state index contributed by atoms with van der Waals surface area (Å²) in [5.74, 6) is -1.52. The van der Waals surface area contributed by atoms with E-state index in [9.17, 15) is 4.39 Å². The van der Waals surface area contributed by atoms with E-state index in [1.807, 2.05) is 61.5 Å². The first-order valence-corrected chi connectivity index (χ1v) is 13.3. The number of fused-ring (bicyclic) bond motifs is 3. The standard InChI is InChI=1S/C37H26F2NO/c1-23-8-17-30-31-18-19-32(39)35(37(31)41-36(30)34(23)33-22-29(38)20-21-40(33)2)28-15-13-27(14-16-28)26-11-9-25(10-12-26)24-6-4-3-5-7-24/h3-22H,1-2H3/q+1/i20D,21D,22D. The van der Waals surface area contributed by atoms with E-state index in [0.717, 1.165) is 22.3 Å². The Balaban J connectivity index is 1.35. The van der Waals surface area contributed by atoms with Crippen LogP contribution in [0.4, 0.5) is 8.78 Å². The van der Waals surface area contributed by atoms with E-state index in [1.165, 1.54) is 17.7 Å². The average molecular weight is 542 g/mol. The van der Waals surface area contributed by atoms with Crippen molar-refractivity contribution < 1.29 is 21.9 Å². The van der Waals surface area contributed by atoms with Gasteiger partial charge in [-0.05, 0) is 52.4 Å². The molecule has 0 N–H and O–H groups in total. The molecule has 2 aromatic heterocycles. The van der Waals surface area contributed by atoms with Gasteiger partial charge in [-0.15, -0.1) is 0 Å². The molecule has 0 fully saturated rings. The zero-order chi connectivity index (χ0) is 30.7. The van der Waals surface area contributed by atoms with Crippen molar-refractivity contribution in [2.24, 2.45) is 7.05 Å². The molecule has 0 amide bonds. The summed E-state index contributed by atoms with van der Waals surface area (Å²) in [5.41, 5.74) is 7.19. The fraction of sp³-hybridized carbons (Fsp3) is 0.0541. The molecule has 0 bridgehead atoms. The second-order valence-electron chi connectivity index (χ2n) is 10.1. The molecule has 0 unspecified atom stereocenters. The molecule has 198 valence electrons. The van der Waals surface area contributed by atoms with E-state index in [0.29, 0.717) is 44.2 Å². The zero-order valence-electron chi connectivity index (χ0n) is 25.4. The predicted molar refractivity (Wildman–Crippen MR) is 161 cm³/mol. The molecule has 7 rings (SSSR count). The number of aromatic nitrogens is 1. The van der Waals surface area contributed by atoms with E-state index >= 15 is 4.39 Å². The van der Waals surface area contributed by atoms with Crippen LogP contribution in [-0.4, -0.2) is 0 Å². The van der Waals surface area contributed by atoms with Crippen LogP contribution in [0.5, 0.6) is 0 Å². The summed E-state index contributed by atoms with van der Waals surface area (Å²) in [7, 11) is 1.52. The van der Waals surface area contributed by atoms with Gasteiger partial charge in [0, 0.05) is 22.9 Å². The summed E-state index contributed by atoms with van der Waals surface area (Å²) in [4.78, 5) is 0. The molecule has 5 aromatic carbocycles. The van der Waals surface area contributed by atoms with Gasteiger partial charge in [0.25, 0.3) is 0 Å². The minimum Gasteiger partial charge on any atom is -0.454 e. The van der Waals surface area contributed by atoms with Gasteiger partial charge in [0.1, 0.15) is 31.2 Å². The molecule has 0 saturated carbocycles. The normalized spacial score (nSPS) is 12.4. The van der Waals surface area contributed by atoms with E-state index in [1.54, 1.807) is 6.07 Å². The Hall–Kier alpha value is -5.09. The third-order valence-electron chi connectivity index (χ3n) is 7.60. The summed E-state index contributed by atoms with van der Waals surface area (Å²) < 4.78 is 62.7. The third kappa shape index (κ3) is 4.29. The monoisotopic (exact) mass is 541 g/mol. The molecule has 0 aliphatic carbocycles. The van der Waals surface area contributed by atoms with Crippen molar-refractivity contribution in [1.82, 2.24) is 0 Å². The van der Waals surface area contributed by atoms with Crippen LogP contribution in [0, 0.1) is 18.6 Å². The van der Waals surface area contributed by atoms with Crippen LogP contribution in [0.25, 0.3) is 66.6 Å². The fourth-order valence-corrected chi connectivity index (χ4v) is 5.49. The van der Waals surface area contributed by atoms with Crippen LogP contribution in [0.2, 0.25) is 0 Å². The van der Waals surface area contributed by atoms with Gasteiger partial charge in [0.05, 0.1) is 13.9 Å². The van der Waals surface area contributed by atoms with Crippen molar-refractivity contribution in [2.45, 2.75) is 6.92 Å². The van der Waals surface area contributed by atoms with E-state index in [4.69, 9.17) is 8.53 Å². The number of pyridine rings is 1. The van der Waals surface area contributed by atoms with Crippen LogP contribution >= 0.6 is 0 Å². The molecule has 0 spiro atoms. The van der Waals surface area contributed by atoms with E-state index in [2.05, 4.69) is 36.4 Å². The molecule has 0 aliphatic heterocycles. The summed E-state index contributed by atoms with van der Waals surface area (Å²) in [6.07, 6.45) is -0.359. The summed E-state index contributed by atoms with van der Waals surface area (Å²) in [5, 5.41) is 1.36. The smallest absolute Gasteiger partial charge is 0.219 e. The number of furan rings is 1. The minimum atomic E-state index is -1.07. The first-order chi connectivity index (χ1) is 21.2. The molecule has 7 aromatic rings. The van der Waals surface area contributed by atoms with Gasteiger partial charge in [-0.2, -0.15) is 0 Å². The lowest BCUT2D eigenvalue weighted by Crippen LogP contribution is -2.30. The lowest BCUT2D eigenvalue weighted by atomic mass is 9.96. The number of hydrogen-bond donors (Lipinski definition) is 0. The van der Waals surface area contributed by atoms with Gasteiger partial charge in [-0.3, -0.25) is 0 Å². The van der Waals surface area contributed by atoms with Gasteiger partial charge in [-0.25, -0.2) is 13.3 Å². The number of hydrogen-bond acceptors (Lipinski definition) is 1. The van der Waals surface area contributed by atoms with Crippen LogP contribution in [0.3, 0.4) is 0 Å². The maximum atomic E-state index is 15.6. The van der Waals surface area contributed by atoms with Crippen molar-refractivity contribution in [3.05, 3.63) is 139 Å². The van der Waals surface area contributed by atoms with Crippen molar-refractivity contribution >= 4 is 21.9 Å². The minimum absolute atomic E-state index is 0.121. The molecule has 4 heteroatoms. The number of rotatable bonds is 4. The van der Waals surface area contributed by atoms with Crippen LogP contribution < -0.4 is 4.57 Å². The first kappa shape index (κ1) is 21.7. The van der Waals surface area contributed by atoms with E-state index in [-0.39, 0.29) is 11.9 Å². The van der Waals surface area contributed by atoms with E-state index < -0.39 is 23.7 Å². The molecule has 0 atom stereocenters. The summed E-state index contributed by atoms with van der Waals surface area (Å²) in [6, 6.07) is 31.8. The van der Waals surface area contributed by atoms with Crippen LogP contribution in [-0.2, 0) is 7.05 Å².